The van der Waals surface area contributed by atoms with E-state index in [4.69, 9.17) is 5.73 Å². The lowest BCUT2D eigenvalue weighted by atomic mass is 9.78. The van der Waals surface area contributed by atoms with E-state index in [1.54, 1.807) is 6.08 Å². The molecule has 2 aliphatic carbocycles. The molecule has 1 unspecified atom stereocenters. The molecule has 4 heteroatoms. The summed E-state index contributed by atoms with van der Waals surface area (Å²) in [6, 6.07) is 16.1. The van der Waals surface area contributed by atoms with Gasteiger partial charge in [-0.3, -0.25) is 10.1 Å². The molecule has 0 saturated carbocycles. The zero-order chi connectivity index (χ0) is 19.3. The van der Waals surface area contributed by atoms with Crippen LogP contribution in [0, 0.1) is 10.1 Å². The zero-order valence-corrected chi connectivity index (χ0v) is 15.7. The van der Waals surface area contributed by atoms with Gasteiger partial charge in [0.15, 0.2) is 0 Å². The Hall–Kier alpha value is -3.14. The van der Waals surface area contributed by atoms with Gasteiger partial charge >= 0.3 is 0 Å². The van der Waals surface area contributed by atoms with Gasteiger partial charge in [0.25, 0.3) is 5.70 Å². The number of nitrogens with two attached hydrogens (primary N) is 1. The molecule has 0 radical (unpaired) electrons. The van der Waals surface area contributed by atoms with Crippen LogP contribution in [0.2, 0.25) is 0 Å². The van der Waals surface area contributed by atoms with Crippen molar-refractivity contribution < 1.29 is 4.92 Å². The van der Waals surface area contributed by atoms with Crippen LogP contribution in [-0.4, -0.2) is 4.92 Å². The van der Waals surface area contributed by atoms with Crippen LogP contribution in [0.1, 0.15) is 46.6 Å². The normalized spacial score (nSPS) is 18.3. The first-order chi connectivity index (χ1) is 13.6. The third-order valence-electron chi connectivity index (χ3n) is 6.31. The fourth-order valence-electron chi connectivity index (χ4n) is 4.92. The van der Waals surface area contributed by atoms with Crippen molar-refractivity contribution in [2.45, 2.75) is 38.0 Å². The molecule has 0 fully saturated rings. The minimum absolute atomic E-state index is 0.228. The predicted molar refractivity (Wildman–Crippen MR) is 113 cm³/mol. The molecule has 2 aliphatic rings. The summed E-state index contributed by atoms with van der Waals surface area (Å²) in [5.41, 5.74) is 13.2. The van der Waals surface area contributed by atoms with Gasteiger partial charge in [-0.2, -0.15) is 0 Å². The molecule has 0 amide bonds. The number of nitro groups is 1. The Labute approximate surface area is 163 Å². The maximum atomic E-state index is 11.9. The van der Waals surface area contributed by atoms with E-state index in [1.807, 2.05) is 30.3 Å². The van der Waals surface area contributed by atoms with Gasteiger partial charge in [-0.1, -0.05) is 42.5 Å². The third kappa shape index (κ3) is 2.60. The Morgan fingerprint density at radius 3 is 2.54 bits per heavy atom. The molecule has 0 aromatic heterocycles. The fraction of sp³-hybridized carbons (Fsp3) is 0.250. The Bertz CT molecular complexity index is 1130. The molecule has 3 aromatic rings. The predicted octanol–water partition coefficient (Wildman–Crippen LogP) is 5.26. The van der Waals surface area contributed by atoms with E-state index >= 15 is 0 Å². The van der Waals surface area contributed by atoms with E-state index in [2.05, 4.69) is 18.2 Å². The molecule has 0 heterocycles. The molecule has 4 nitrogen and oxygen atoms in total. The van der Waals surface area contributed by atoms with Crippen molar-refractivity contribution in [1.29, 1.82) is 0 Å². The van der Waals surface area contributed by atoms with Crippen LogP contribution in [0.25, 0.3) is 16.8 Å². The fourth-order valence-corrected chi connectivity index (χ4v) is 4.92. The van der Waals surface area contributed by atoms with Crippen molar-refractivity contribution in [3.8, 4) is 0 Å². The second-order valence-corrected chi connectivity index (χ2v) is 7.86. The van der Waals surface area contributed by atoms with Crippen LogP contribution in [0.15, 0.2) is 54.2 Å². The SMILES string of the molecule is Nc1cc2c3c(ccc2c2c1CC(c1ccccc1)C([N+](=O)[O-])=C2)CCCC3. The molecular formula is C24H22N2O2. The van der Waals surface area contributed by atoms with E-state index in [9.17, 15) is 10.1 Å². The summed E-state index contributed by atoms with van der Waals surface area (Å²) >= 11 is 0. The first kappa shape index (κ1) is 17.0. The van der Waals surface area contributed by atoms with Gasteiger partial charge in [-0.15, -0.1) is 0 Å². The summed E-state index contributed by atoms with van der Waals surface area (Å²) in [6.07, 6.45) is 6.91. The Morgan fingerprint density at radius 2 is 1.75 bits per heavy atom. The molecule has 28 heavy (non-hydrogen) atoms. The minimum atomic E-state index is -0.277. The first-order valence-electron chi connectivity index (χ1n) is 9.90. The standard InChI is InChI=1S/C24H22N2O2/c25-23-13-20-17-9-5-4-8-16(17)10-11-18(20)21-14-24(26(27)28)19(12-22(21)23)15-6-2-1-3-7-15/h1-3,6-7,10-11,13-14,19H,4-5,8-9,12,25H2. The highest BCUT2D eigenvalue weighted by Crippen LogP contribution is 2.43. The number of hydrogen-bond acceptors (Lipinski definition) is 3. The van der Waals surface area contributed by atoms with Crippen molar-refractivity contribution in [2.24, 2.45) is 0 Å². The highest BCUT2D eigenvalue weighted by Gasteiger charge is 2.33. The summed E-state index contributed by atoms with van der Waals surface area (Å²) in [4.78, 5) is 11.7. The Kier molecular flexibility index (Phi) is 3.93. The molecule has 2 N–H and O–H groups in total. The largest absolute Gasteiger partial charge is 0.398 e. The maximum Gasteiger partial charge on any atom is 0.254 e. The van der Waals surface area contributed by atoms with Crippen molar-refractivity contribution >= 4 is 22.5 Å². The van der Waals surface area contributed by atoms with Crippen LogP contribution in [0.4, 0.5) is 5.69 Å². The number of anilines is 1. The monoisotopic (exact) mass is 370 g/mol. The quantitative estimate of drug-likeness (QED) is 0.380. The number of nitrogens with zero attached hydrogens (tertiary/aromatic N) is 1. The Morgan fingerprint density at radius 1 is 0.964 bits per heavy atom. The van der Waals surface area contributed by atoms with Crippen LogP contribution in [-0.2, 0) is 19.3 Å². The molecule has 5 rings (SSSR count). The van der Waals surface area contributed by atoms with Gasteiger partial charge in [0.1, 0.15) is 0 Å². The van der Waals surface area contributed by atoms with Crippen LogP contribution < -0.4 is 5.73 Å². The van der Waals surface area contributed by atoms with E-state index in [-0.39, 0.29) is 16.5 Å². The van der Waals surface area contributed by atoms with E-state index < -0.39 is 0 Å². The van der Waals surface area contributed by atoms with Gasteiger partial charge in [-0.25, -0.2) is 0 Å². The lowest BCUT2D eigenvalue weighted by molar-refractivity contribution is -0.428. The molecular weight excluding hydrogens is 348 g/mol. The lowest BCUT2D eigenvalue weighted by Crippen LogP contribution is -2.18. The molecule has 1 atom stereocenters. The number of hydrogen-bond donors (Lipinski definition) is 1. The van der Waals surface area contributed by atoms with Gasteiger partial charge in [0.2, 0.25) is 0 Å². The second kappa shape index (κ2) is 6.48. The lowest BCUT2D eigenvalue weighted by Gasteiger charge is -2.25. The number of rotatable bonds is 2. The van der Waals surface area contributed by atoms with Gasteiger partial charge < -0.3 is 5.73 Å². The summed E-state index contributed by atoms with van der Waals surface area (Å²) in [5.74, 6) is -0.277. The number of allylic oxidation sites excluding steroid dienone is 1. The van der Waals surface area contributed by atoms with Crippen molar-refractivity contribution in [2.75, 3.05) is 5.73 Å². The van der Waals surface area contributed by atoms with Crippen LogP contribution in [0.5, 0.6) is 0 Å². The van der Waals surface area contributed by atoms with Crippen molar-refractivity contribution in [1.82, 2.24) is 0 Å². The van der Waals surface area contributed by atoms with Crippen molar-refractivity contribution in [3.05, 3.63) is 92.2 Å². The zero-order valence-electron chi connectivity index (χ0n) is 15.7. The molecule has 0 spiro atoms. The third-order valence-corrected chi connectivity index (χ3v) is 6.31. The summed E-state index contributed by atoms with van der Waals surface area (Å²) < 4.78 is 0. The van der Waals surface area contributed by atoms with Gasteiger partial charge in [0, 0.05) is 11.8 Å². The van der Waals surface area contributed by atoms with Gasteiger partial charge in [0.05, 0.1) is 10.8 Å². The molecule has 0 aliphatic heterocycles. The van der Waals surface area contributed by atoms with E-state index in [1.165, 1.54) is 29.4 Å². The smallest absolute Gasteiger partial charge is 0.254 e. The number of aryl methyl sites for hydroxylation is 2. The summed E-state index contributed by atoms with van der Waals surface area (Å²) in [6.45, 7) is 0. The topological polar surface area (TPSA) is 69.2 Å². The van der Waals surface area contributed by atoms with E-state index in [0.29, 0.717) is 6.42 Å². The minimum Gasteiger partial charge on any atom is -0.398 e. The second-order valence-electron chi connectivity index (χ2n) is 7.86. The average Bonchev–Trinajstić information content (AvgIpc) is 2.73. The number of benzene rings is 3. The summed E-state index contributed by atoms with van der Waals surface area (Å²) in [7, 11) is 0. The highest BCUT2D eigenvalue weighted by molar-refractivity contribution is 5.98. The maximum absolute atomic E-state index is 11.9. The Balaban J connectivity index is 1.75. The molecule has 3 aromatic carbocycles. The van der Waals surface area contributed by atoms with Crippen LogP contribution in [0.3, 0.4) is 0 Å². The van der Waals surface area contributed by atoms with Crippen LogP contribution >= 0.6 is 0 Å². The van der Waals surface area contributed by atoms with Gasteiger partial charge in [-0.05, 0) is 76.8 Å². The molecule has 140 valence electrons. The number of nitrogen functional groups attached to an aromatic ring is 1. The first-order valence-corrected chi connectivity index (χ1v) is 9.90. The molecule has 0 bridgehead atoms. The highest BCUT2D eigenvalue weighted by atomic mass is 16.6. The number of fused-ring (bicyclic) bond motifs is 5. The summed E-state index contributed by atoms with van der Waals surface area (Å²) in [5, 5.41) is 14.2. The average molecular weight is 370 g/mol. The molecule has 0 saturated heterocycles. The van der Waals surface area contributed by atoms with Crippen molar-refractivity contribution in [3.63, 3.8) is 0 Å². The van der Waals surface area contributed by atoms with E-state index in [0.717, 1.165) is 40.6 Å².